The molecule has 6 heteroatoms. The number of nitrogens with one attached hydrogen (secondary N) is 1. The van der Waals surface area contributed by atoms with Crippen LogP contribution >= 0.6 is 0 Å². The van der Waals surface area contributed by atoms with E-state index in [2.05, 4.69) is 18.8 Å². The fraction of sp³-hybridized carbons (Fsp3) is 0.640. The molecule has 31 heavy (non-hydrogen) atoms. The molecule has 1 aliphatic rings. The molecule has 2 N–H and O–H groups in total. The van der Waals surface area contributed by atoms with Crippen molar-refractivity contribution in [3.63, 3.8) is 0 Å². The number of benzene rings is 1. The van der Waals surface area contributed by atoms with E-state index in [9.17, 15) is 9.90 Å². The molecule has 2 heterocycles. The maximum atomic E-state index is 15.1. The van der Waals surface area contributed by atoms with Gasteiger partial charge in [0.2, 0.25) is 5.91 Å². The number of methoxy groups -OCH3 is 1. The maximum Gasteiger partial charge on any atom is 0.223 e. The SMILES string of the molecule is COc1ccc2[nH]cc(C(C)(C)CC(=O)N3C(C)CC(C)CC3CC(C)(C)O)c2c1F. The van der Waals surface area contributed by atoms with Crippen LogP contribution in [-0.4, -0.2) is 45.7 Å². The standard InChI is InChI=1S/C25H37FN2O3/c1-15-10-16(2)28(17(11-15)12-25(5,6)30)21(29)13-24(3,4)18-14-27-19-8-9-20(31-7)23(26)22(18)19/h8-9,14-17,27,30H,10-13H2,1-7H3. The van der Waals surface area contributed by atoms with Gasteiger partial charge >= 0.3 is 0 Å². The lowest BCUT2D eigenvalue weighted by Gasteiger charge is -2.46. The molecule has 5 nitrogen and oxygen atoms in total. The number of ether oxygens (including phenoxy) is 1. The van der Waals surface area contributed by atoms with Gasteiger partial charge in [-0.2, -0.15) is 0 Å². The van der Waals surface area contributed by atoms with E-state index < -0.39 is 16.8 Å². The number of amides is 1. The number of hydrogen-bond donors (Lipinski definition) is 2. The summed E-state index contributed by atoms with van der Waals surface area (Å²) in [5, 5.41) is 10.9. The van der Waals surface area contributed by atoms with Crippen molar-refractivity contribution in [2.45, 2.75) is 90.3 Å². The molecular formula is C25H37FN2O3. The lowest BCUT2D eigenvalue weighted by molar-refractivity contribution is -0.141. The van der Waals surface area contributed by atoms with Crippen molar-refractivity contribution in [2.24, 2.45) is 5.92 Å². The third-order valence-electron chi connectivity index (χ3n) is 6.60. The molecular weight excluding hydrogens is 395 g/mol. The first-order chi connectivity index (χ1) is 14.3. The third kappa shape index (κ3) is 4.89. The second-order valence-electron chi connectivity index (χ2n) is 10.7. The number of nitrogens with zero attached hydrogens (tertiary/aromatic N) is 1. The van der Waals surface area contributed by atoms with Crippen molar-refractivity contribution in [3.05, 3.63) is 29.7 Å². The highest BCUT2D eigenvalue weighted by atomic mass is 19.1. The van der Waals surface area contributed by atoms with Crippen LogP contribution in [0.3, 0.4) is 0 Å². The van der Waals surface area contributed by atoms with Gasteiger partial charge < -0.3 is 19.7 Å². The number of aliphatic hydroxyl groups is 1. The summed E-state index contributed by atoms with van der Waals surface area (Å²) >= 11 is 0. The van der Waals surface area contributed by atoms with Crippen molar-refractivity contribution >= 4 is 16.8 Å². The number of fused-ring (bicyclic) bond motifs is 1. The number of rotatable bonds is 6. The summed E-state index contributed by atoms with van der Waals surface area (Å²) in [6.45, 7) is 11.9. The Morgan fingerprint density at radius 2 is 1.94 bits per heavy atom. The van der Waals surface area contributed by atoms with Crippen LogP contribution in [0.25, 0.3) is 10.9 Å². The molecule has 0 spiro atoms. The summed E-state index contributed by atoms with van der Waals surface area (Å²) in [5.41, 5.74) is 0.0367. The molecule has 1 fully saturated rings. The molecule has 3 unspecified atom stereocenters. The molecule has 0 aliphatic carbocycles. The van der Waals surface area contributed by atoms with Crippen LogP contribution < -0.4 is 4.74 Å². The summed E-state index contributed by atoms with van der Waals surface area (Å²) in [6.07, 6.45) is 4.45. The number of hydrogen-bond acceptors (Lipinski definition) is 3. The Bertz CT molecular complexity index is 944. The molecule has 3 rings (SSSR count). The molecule has 1 aromatic carbocycles. The molecule has 1 aromatic heterocycles. The van der Waals surface area contributed by atoms with E-state index in [4.69, 9.17) is 4.74 Å². The predicted octanol–water partition coefficient (Wildman–Crippen LogP) is 5.16. The number of carbonyl (C=O) groups is 1. The Balaban J connectivity index is 1.91. The first kappa shape index (κ1) is 23.6. The second kappa shape index (κ2) is 8.45. The number of halogens is 1. The van der Waals surface area contributed by atoms with Crippen molar-refractivity contribution in [3.8, 4) is 5.75 Å². The van der Waals surface area contributed by atoms with Crippen LogP contribution in [0.5, 0.6) is 5.75 Å². The second-order valence-corrected chi connectivity index (χ2v) is 10.7. The molecule has 0 radical (unpaired) electrons. The molecule has 0 bridgehead atoms. The number of aromatic nitrogens is 1. The van der Waals surface area contributed by atoms with Gasteiger partial charge in [0.15, 0.2) is 11.6 Å². The van der Waals surface area contributed by atoms with Crippen LogP contribution in [0.4, 0.5) is 4.39 Å². The summed E-state index contributed by atoms with van der Waals surface area (Å²) < 4.78 is 20.2. The van der Waals surface area contributed by atoms with E-state index in [1.165, 1.54) is 7.11 Å². The van der Waals surface area contributed by atoms with Crippen LogP contribution in [-0.2, 0) is 10.2 Å². The smallest absolute Gasteiger partial charge is 0.223 e. The van der Waals surface area contributed by atoms with Crippen molar-refractivity contribution in [2.75, 3.05) is 7.11 Å². The minimum absolute atomic E-state index is 0.00171. The average molecular weight is 433 g/mol. The molecule has 1 saturated heterocycles. The predicted molar refractivity (Wildman–Crippen MR) is 122 cm³/mol. The first-order valence-electron chi connectivity index (χ1n) is 11.2. The lowest BCUT2D eigenvalue weighted by Crippen LogP contribution is -2.53. The molecule has 1 amide bonds. The summed E-state index contributed by atoms with van der Waals surface area (Å²) in [6, 6.07) is 3.51. The van der Waals surface area contributed by atoms with Crippen LogP contribution in [0.15, 0.2) is 18.3 Å². The minimum atomic E-state index is -0.841. The normalized spacial score (nSPS) is 22.7. The minimum Gasteiger partial charge on any atom is -0.494 e. The van der Waals surface area contributed by atoms with Crippen LogP contribution in [0, 0.1) is 11.7 Å². The van der Waals surface area contributed by atoms with E-state index in [1.54, 1.807) is 32.2 Å². The Labute approximate surface area is 185 Å². The Kier molecular flexibility index (Phi) is 6.43. The number of H-pyrrole nitrogens is 1. The number of aromatic amines is 1. The molecule has 172 valence electrons. The van der Waals surface area contributed by atoms with E-state index in [0.29, 0.717) is 23.2 Å². The molecule has 0 saturated carbocycles. The zero-order valence-electron chi connectivity index (χ0n) is 19.9. The quantitative estimate of drug-likeness (QED) is 0.663. The average Bonchev–Trinajstić information content (AvgIpc) is 3.05. The van der Waals surface area contributed by atoms with E-state index >= 15 is 4.39 Å². The largest absolute Gasteiger partial charge is 0.494 e. The van der Waals surface area contributed by atoms with Gasteiger partial charge in [0.1, 0.15) is 0 Å². The zero-order chi connectivity index (χ0) is 23.1. The topological polar surface area (TPSA) is 65.6 Å². The number of carbonyl (C=O) groups excluding carboxylic acids is 1. The highest BCUT2D eigenvalue weighted by Gasteiger charge is 2.39. The van der Waals surface area contributed by atoms with Gasteiger partial charge in [-0.05, 0) is 63.6 Å². The summed E-state index contributed by atoms with van der Waals surface area (Å²) in [5.74, 6) is 0.349. The van der Waals surface area contributed by atoms with E-state index in [0.717, 1.165) is 18.4 Å². The molecule has 1 aliphatic heterocycles. The maximum absolute atomic E-state index is 15.1. The highest BCUT2D eigenvalue weighted by molar-refractivity contribution is 5.88. The third-order valence-corrected chi connectivity index (χ3v) is 6.60. The Hall–Kier alpha value is -2.08. The van der Waals surface area contributed by atoms with E-state index in [1.807, 2.05) is 18.7 Å². The zero-order valence-corrected chi connectivity index (χ0v) is 19.9. The molecule has 3 atom stereocenters. The Morgan fingerprint density at radius 1 is 1.26 bits per heavy atom. The van der Waals surface area contributed by atoms with Gasteiger partial charge in [-0.1, -0.05) is 20.8 Å². The van der Waals surface area contributed by atoms with Gasteiger partial charge in [-0.25, -0.2) is 4.39 Å². The lowest BCUT2D eigenvalue weighted by atomic mass is 9.78. The van der Waals surface area contributed by atoms with Crippen LogP contribution in [0.1, 0.15) is 72.8 Å². The molecule has 2 aromatic rings. The summed E-state index contributed by atoms with van der Waals surface area (Å²) in [4.78, 5) is 18.7. The Morgan fingerprint density at radius 3 is 2.55 bits per heavy atom. The van der Waals surface area contributed by atoms with Gasteiger partial charge in [0.05, 0.1) is 12.7 Å². The monoisotopic (exact) mass is 432 g/mol. The van der Waals surface area contributed by atoms with E-state index in [-0.39, 0.29) is 30.2 Å². The van der Waals surface area contributed by atoms with Crippen molar-refractivity contribution < 1.29 is 19.0 Å². The van der Waals surface area contributed by atoms with Crippen molar-refractivity contribution in [1.29, 1.82) is 0 Å². The fourth-order valence-corrected chi connectivity index (χ4v) is 5.36. The van der Waals surface area contributed by atoms with Gasteiger partial charge in [-0.15, -0.1) is 0 Å². The number of likely N-dealkylation sites (tertiary alicyclic amines) is 1. The van der Waals surface area contributed by atoms with Gasteiger partial charge in [0.25, 0.3) is 0 Å². The van der Waals surface area contributed by atoms with Gasteiger partial charge in [-0.3, -0.25) is 4.79 Å². The van der Waals surface area contributed by atoms with Gasteiger partial charge in [0, 0.05) is 41.0 Å². The van der Waals surface area contributed by atoms with Crippen LogP contribution in [0.2, 0.25) is 0 Å². The highest BCUT2D eigenvalue weighted by Crippen LogP contribution is 2.39. The first-order valence-corrected chi connectivity index (χ1v) is 11.2. The number of piperidine rings is 1. The summed E-state index contributed by atoms with van der Waals surface area (Å²) in [7, 11) is 1.45. The fourth-order valence-electron chi connectivity index (χ4n) is 5.36. The van der Waals surface area contributed by atoms with Crippen molar-refractivity contribution in [1.82, 2.24) is 9.88 Å².